The van der Waals surface area contributed by atoms with Crippen molar-refractivity contribution < 1.29 is 30.7 Å². The molecule has 0 N–H and O–H groups in total. The molecule has 4 aromatic rings. The quantitative estimate of drug-likeness (QED) is 0.123. The molecule has 0 atom stereocenters. The van der Waals surface area contributed by atoms with Crippen molar-refractivity contribution >= 4 is 21.5 Å². The second-order valence-electron chi connectivity index (χ2n) is 11.2. The minimum Gasteiger partial charge on any atom is -0.205 e. The molecule has 0 spiro atoms. The molecule has 0 bridgehead atoms. The van der Waals surface area contributed by atoms with E-state index in [-0.39, 0.29) is 21.7 Å². The van der Waals surface area contributed by atoms with Gasteiger partial charge in [0, 0.05) is 22.3 Å². The molecule has 0 aliphatic heterocycles. The van der Waals surface area contributed by atoms with Crippen molar-refractivity contribution in [3.05, 3.63) is 94.1 Å². The van der Waals surface area contributed by atoms with E-state index in [1.54, 1.807) is 6.07 Å². The fraction of sp³-hybridized carbons (Fsp3) is 0.333. The summed E-state index contributed by atoms with van der Waals surface area (Å²) in [5.74, 6) is 4.50. The summed E-state index contributed by atoms with van der Waals surface area (Å²) in [5.41, 5.74) is -0.134. The molecule has 0 nitrogen and oxygen atoms in total. The maximum Gasteiger partial charge on any atom is 0.458 e. The van der Waals surface area contributed by atoms with E-state index in [0.717, 1.165) is 36.3 Å². The third-order valence-electron chi connectivity index (χ3n) is 8.28. The number of hydrogen-bond acceptors (Lipinski definition) is 0. The van der Waals surface area contributed by atoms with Crippen LogP contribution in [0.5, 0.6) is 0 Å². The zero-order chi connectivity index (χ0) is 30.7. The second kappa shape index (κ2) is 12.7. The first-order valence-electron chi connectivity index (χ1n) is 14.5. The van der Waals surface area contributed by atoms with Crippen LogP contribution in [0.4, 0.5) is 30.7 Å². The predicted molar refractivity (Wildman–Crippen MR) is 155 cm³/mol. The minimum absolute atomic E-state index is 0.0151. The zero-order valence-corrected chi connectivity index (χ0v) is 23.6. The molecule has 0 saturated heterocycles. The van der Waals surface area contributed by atoms with Crippen LogP contribution < -0.4 is 0 Å². The Labute approximate surface area is 246 Å². The second-order valence-corrected chi connectivity index (χ2v) is 11.2. The summed E-state index contributed by atoms with van der Waals surface area (Å²) < 4.78 is 96.8. The molecule has 43 heavy (non-hydrogen) atoms. The first-order chi connectivity index (χ1) is 20.5. The topological polar surface area (TPSA) is 0 Å². The molecule has 0 amide bonds. The Balaban J connectivity index is 1.38. The van der Waals surface area contributed by atoms with Gasteiger partial charge in [-0.15, -0.1) is 0 Å². The Hall–Kier alpha value is -3.97. The summed E-state index contributed by atoms with van der Waals surface area (Å²) in [6.07, 6.45) is 4.60. The van der Waals surface area contributed by atoms with E-state index >= 15 is 8.78 Å². The van der Waals surface area contributed by atoms with Gasteiger partial charge in [-0.3, -0.25) is 0 Å². The van der Waals surface area contributed by atoms with E-state index < -0.39 is 40.6 Å². The van der Waals surface area contributed by atoms with Crippen LogP contribution in [0.3, 0.4) is 0 Å². The molecule has 222 valence electrons. The van der Waals surface area contributed by atoms with Gasteiger partial charge in [-0.05, 0) is 78.1 Å². The molecule has 0 aromatic heterocycles. The third-order valence-corrected chi connectivity index (χ3v) is 8.28. The van der Waals surface area contributed by atoms with Gasteiger partial charge in [-0.2, -0.15) is 13.2 Å². The van der Waals surface area contributed by atoms with E-state index in [1.165, 1.54) is 68.7 Å². The monoisotopic (exact) mass is 594 g/mol. The number of unbranched alkanes of at least 4 members (excludes halogenated alkanes) is 2. The third kappa shape index (κ3) is 6.99. The molecule has 0 heterocycles. The van der Waals surface area contributed by atoms with Crippen molar-refractivity contribution in [1.29, 1.82) is 0 Å². The highest BCUT2D eigenvalue weighted by atomic mass is 19.4. The average molecular weight is 595 g/mol. The Kier molecular flexibility index (Phi) is 9.02. The highest BCUT2D eigenvalue weighted by Crippen LogP contribution is 2.39. The lowest BCUT2D eigenvalue weighted by Crippen LogP contribution is -2.13. The van der Waals surface area contributed by atoms with E-state index in [9.17, 15) is 22.0 Å². The smallest absolute Gasteiger partial charge is 0.205 e. The van der Waals surface area contributed by atoms with Crippen molar-refractivity contribution in [3.63, 3.8) is 0 Å². The first kappa shape index (κ1) is 30.5. The molecule has 1 aliphatic carbocycles. The largest absolute Gasteiger partial charge is 0.458 e. The van der Waals surface area contributed by atoms with Gasteiger partial charge in [-0.1, -0.05) is 74.6 Å². The molecular formula is C36H29F7. The van der Waals surface area contributed by atoms with Crippen molar-refractivity contribution in [2.45, 2.75) is 70.4 Å². The van der Waals surface area contributed by atoms with Crippen LogP contribution in [0.2, 0.25) is 0 Å². The Bertz CT molecular complexity index is 1790. The molecule has 4 aromatic carbocycles. The van der Waals surface area contributed by atoms with Gasteiger partial charge < -0.3 is 0 Å². The average Bonchev–Trinajstić information content (AvgIpc) is 2.96. The van der Waals surface area contributed by atoms with Crippen molar-refractivity contribution in [2.75, 3.05) is 0 Å². The first-order valence-corrected chi connectivity index (χ1v) is 14.5. The van der Waals surface area contributed by atoms with E-state index in [2.05, 4.69) is 18.8 Å². The van der Waals surface area contributed by atoms with Gasteiger partial charge in [0.25, 0.3) is 0 Å². The lowest BCUT2D eigenvalue weighted by molar-refractivity contribution is -0.0696. The Morgan fingerprint density at radius 1 is 0.698 bits per heavy atom. The van der Waals surface area contributed by atoms with Crippen LogP contribution in [0.15, 0.2) is 48.5 Å². The molecule has 7 heteroatoms. The highest BCUT2D eigenvalue weighted by molar-refractivity contribution is 5.87. The van der Waals surface area contributed by atoms with Crippen LogP contribution in [0.1, 0.15) is 86.5 Å². The van der Waals surface area contributed by atoms with Crippen LogP contribution >= 0.6 is 0 Å². The van der Waals surface area contributed by atoms with E-state index in [4.69, 9.17) is 0 Å². The number of rotatable bonds is 5. The van der Waals surface area contributed by atoms with Gasteiger partial charge in [0.2, 0.25) is 0 Å². The Morgan fingerprint density at radius 3 is 1.93 bits per heavy atom. The van der Waals surface area contributed by atoms with Crippen LogP contribution in [0.25, 0.3) is 21.5 Å². The summed E-state index contributed by atoms with van der Waals surface area (Å²) in [6.45, 7) is 2.21. The van der Waals surface area contributed by atoms with Crippen LogP contribution in [-0.2, 0) is 0 Å². The van der Waals surface area contributed by atoms with Crippen molar-refractivity contribution in [1.82, 2.24) is 0 Å². The molecular weight excluding hydrogens is 565 g/mol. The van der Waals surface area contributed by atoms with Gasteiger partial charge in [-0.25, -0.2) is 17.6 Å². The molecule has 1 fully saturated rings. The van der Waals surface area contributed by atoms with E-state index in [1.807, 2.05) is 12.1 Å². The number of fused-ring (bicyclic) bond motifs is 2. The normalized spacial score (nSPS) is 16.9. The fourth-order valence-corrected chi connectivity index (χ4v) is 5.98. The van der Waals surface area contributed by atoms with Crippen LogP contribution in [-0.4, -0.2) is 6.18 Å². The molecule has 1 aliphatic rings. The van der Waals surface area contributed by atoms with Gasteiger partial charge >= 0.3 is 6.18 Å². The maximum absolute atomic E-state index is 15.4. The summed E-state index contributed by atoms with van der Waals surface area (Å²) >= 11 is 0. The lowest BCUT2D eigenvalue weighted by atomic mass is 9.76. The van der Waals surface area contributed by atoms with Gasteiger partial charge in [0.1, 0.15) is 23.3 Å². The number of benzene rings is 4. The molecule has 0 radical (unpaired) electrons. The van der Waals surface area contributed by atoms with Crippen molar-refractivity contribution in [2.24, 2.45) is 5.92 Å². The fourth-order valence-electron chi connectivity index (χ4n) is 5.98. The lowest BCUT2D eigenvalue weighted by Gasteiger charge is -2.29. The standard InChI is InChI=1S/C36H29F7/c1-2-3-4-5-22-6-10-24(11-7-22)25-12-15-29-27(19-25)21-32(37)30(34(29)39)14-9-23-8-13-28-26(18-23)20-33(38)31(35(28)40)16-17-36(41,42)43/h8,12-13,15,18-22,24H,2-7,10-11H2,1H3. The zero-order valence-electron chi connectivity index (χ0n) is 23.6. The number of hydrogen-bond donors (Lipinski definition) is 0. The summed E-state index contributed by atoms with van der Waals surface area (Å²) in [6, 6.07) is 11.4. The summed E-state index contributed by atoms with van der Waals surface area (Å²) in [5, 5.41) is 0.561. The number of alkyl halides is 3. The summed E-state index contributed by atoms with van der Waals surface area (Å²) in [4.78, 5) is 0. The minimum atomic E-state index is -4.91. The van der Waals surface area contributed by atoms with Gasteiger partial charge in [0.15, 0.2) is 0 Å². The molecule has 1 saturated carbocycles. The highest BCUT2D eigenvalue weighted by Gasteiger charge is 2.24. The molecule has 0 unspecified atom stereocenters. The van der Waals surface area contributed by atoms with E-state index in [0.29, 0.717) is 11.3 Å². The summed E-state index contributed by atoms with van der Waals surface area (Å²) in [7, 11) is 0. The SMILES string of the molecule is CCCCCC1CCC(c2ccc3c(F)c(C#Cc4ccc5c(F)c(C#CC(F)(F)F)c(F)cc5c4)c(F)cc3c2)CC1. The maximum atomic E-state index is 15.4. The van der Waals surface area contributed by atoms with Crippen LogP contribution in [0, 0.1) is 52.9 Å². The predicted octanol–water partition coefficient (Wildman–Crippen LogP) is 10.7. The molecule has 5 rings (SSSR count). The van der Waals surface area contributed by atoms with Gasteiger partial charge in [0.05, 0.1) is 11.1 Å². The Morgan fingerprint density at radius 2 is 1.30 bits per heavy atom. The van der Waals surface area contributed by atoms with Crippen molar-refractivity contribution in [3.8, 4) is 23.7 Å². The number of halogens is 7.